The number of nitrogens with zero attached hydrogens (tertiary/aromatic N) is 1. The first kappa shape index (κ1) is 15.5. The van der Waals surface area contributed by atoms with Crippen molar-refractivity contribution >= 4 is 5.91 Å². The second-order valence-electron chi connectivity index (χ2n) is 6.61. The molecule has 120 valence electrons. The summed E-state index contributed by atoms with van der Waals surface area (Å²) in [5.41, 5.74) is 0.337. The Balaban J connectivity index is 1.72. The number of carbonyl (C=O) groups excluding carboxylic acids is 1. The third kappa shape index (κ3) is 2.90. The van der Waals surface area contributed by atoms with Gasteiger partial charge < -0.3 is 14.7 Å². The minimum absolute atomic E-state index is 0.0151. The van der Waals surface area contributed by atoms with Gasteiger partial charge >= 0.3 is 0 Å². The first-order chi connectivity index (χ1) is 10.6. The largest absolute Gasteiger partial charge is 0.389 e. The van der Waals surface area contributed by atoms with E-state index in [-0.39, 0.29) is 11.8 Å². The lowest BCUT2D eigenvalue weighted by Gasteiger charge is -2.47. The summed E-state index contributed by atoms with van der Waals surface area (Å²) in [6.07, 6.45) is 4.30. The maximum absolute atomic E-state index is 12.8. The van der Waals surface area contributed by atoms with Crippen LogP contribution in [0.1, 0.15) is 43.8 Å². The fraction of sp³-hybridized carbons (Fsp3) is 0.611. The molecule has 0 aromatic heterocycles. The number of carbonyl (C=O) groups is 1. The van der Waals surface area contributed by atoms with Crippen LogP contribution >= 0.6 is 0 Å². The maximum Gasteiger partial charge on any atom is 0.256 e. The van der Waals surface area contributed by atoms with Crippen LogP contribution in [-0.2, 0) is 9.53 Å². The smallest absolute Gasteiger partial charge is 0.256 e. The van der Waals surface area contributed by atoms with Gasteiger partial charge in [0.1, 0.15) is 0 Å². The van der Waals surface area contributed by atoms with E-state index in [9.17, 15) is 9.90 Å². The molecule has 0 spiro atoms. The Labute approximate surface area is 132 Å². The summed E-state index contributed by atoms with van der Waals surface area (Å²) in [7, 11) is 1.58. The Hall–Kier alpha value is -1.39. The lowest BCUT2D eigenvalue weighted by molar-refractivity contribution is -0.153. The number of fused-ring (bicyclic) bond motifs is 1. The van der Waals surface area contributed by atoms with Gasteiger partial charge in [-0.2, -0.15) is 0 Å². The molecular formula is C18H25NO3. The molecule has 4 heteroatoms. The normalized spacial score (nSPS) is 29.7. The summed E-state index contributed by atoms with van der Waals surface area (Å²) in [4.78, 5) is 14.7. The van der Waals surface area contributed by atoms with Crippen LogP contribution in [0.2, 0.25) is 0 Å². The molecule has 1 aromatic rings. The van der Waals surface area contributed by atoms with Crippen molar-refractivity contribution in [3.05, 3.63) is 35.9 Å². The minimum atomic E-state index is -0.551. The summed E-state index contributed by atoms with van der Waals surface area (Å²) in [6, 6.07) is 9.62. The standard InChI is InChI=1S/C18H25NO3/c1-22-16(14-7-3-2-4-8-14)17(20)19-12-11-18(21)10-6-5-9-15(18)13-19/h2-4,7-8,15-16,21H,5-6,9-13H2,1H3. The molecule has 1 aromatic carbocycles. The summed E-state index contributed by atoms with van der Waals surface area (Å²) in [5.74, 6) is 0.230. The lowest BCUT2D eigenvalue weighted by atomic mass is 9.71. The van der Waals surface area contributed by atoms with E-state index >= 15 is 0 Å². The molecule has 1 N–H and O–H groups in total. The zero-order valence-corrected chi connectivity index (χ0v) is 13.2. The molecule has 3 rings (SSSR count). The third-order valence-electron chi connectivity index (χ3n) is 5.30. The SMILES string of the molecule is COC(C(=O)N1CCC2(O)CCCCC2C1)c1ccccc1. The van der Waals surface area contributed by atoms with Gasteiger partial charge in [-0.05, 0) is 24.8 Å². The highest BCUT2D eigenvalue weighted by molar-refractivity contribution is 5.82. The van der Waals surface area contributed by atoms with Crippen LogP contribution in [0.3, 0.4) is 0 Å². The molecule has 2 aliphatic rings. The van der Waals surface area contributed by atoms with Crippen LogP contribution < -0.4 is 0 Å². The first-order valence-corrected chi connectivity index (χ1v) is 8.23. The Morgan fingerprint density at radius 2 is 2.09 bits per heavy atom. The number of ether oxygens (including phenoxy) is 1. The van der Waals surface area contributed by atoms with Crippen LogP contribution in [0.25, 0.3) is 0 Å². The Kier molecular flexibility index (Phi) is 4.50. The fourth-order valence-corrected chi connectivity index (χ4v) is 3.94. The molecule has 1 amide bonds. The van der Waals surface area contributed by atoms with Gasteiger partial charge in [-0.3, -0.25) is 4.79 Å². The van der Waals surface area contributed by atoms with E-state index in [1.807, 2.05) is 35.2 Å². The predicted octanol–water partition coefficient (Wildman–Crippen LogP) is 2.53. The van der Waals surface area contributed by atoms with Crippen LogP contribution in [0.15, 0.2) is 30.3 Å². The summed E-state index contributed by atoms with van der Waals surface area (Å²) >= 11 is 0. The summed E-state index contributed by atoms with van der Waals surface area (Å²) < 4.78 is 5.46. The third-order valence-corrected chi connectivity index (χ3v) is 5.30. The number of methoxy groups -OCH3 is 1. The van der Waals surface area contributed by atoms with Gasteiger partial charge in [-0.1, -0.05) is 43.2 Å². The van der Waals surface area contributed by atoms with Gasteiger partial charge in [0.15, 0.2) is 6.10 Å². The highest BCUT2D eigenvalue weighted by atomic mass is 16.5. The number of benzene rings is 1. The molecule has 0 bridgehead atoms. The average Bonchev–Trinajstić information content (AvgIpc) is 2.55. The van der Waals surface area contributed by atoms with Crippen LogP contribution in [0.4, 0.5) is 0 Å². The Bertz CT molecular complexity index is 518. The van der Waals surface area contributed by atoms with E-state index in [0.29, 0.717) is 19.5 Å². The van der Waals surface area contributed by atoms with Gasteiger partial charge in [0.25, 0.3) is 5.91 Å². The summed E-state index contributed by atoms with van der Waals surface area (Å²) in [5, 5.41) is 10.7. The van der Waals surface area contributed by atoms with Crippen LogP contribution in [-0.4, -0.2) is 41.7 Å². The molecule has 1 aliphatic carbocycles. The van der Waals surface area contributed by atoms with Crippen molar-refractivity contribution in [3.63, 3.8) is 0 Å². The second-order valence-corrected chi connectivity index (χ2v) is 6.61. The predicted molar refractivity (Wildman–Crippen MR) is 84.3 cm³/mol. The van der Waals surface area contributed by atoms with Crippen molar-refractivity contribution < 1.29 is 14.6 Å². The van der Waals surface area contributed by atoms with Crippen molar-refractivity contribution in [2.45, 2.75) is 43.8 Å². The maximum atomic E-state index is 12.8. The molecule has 1 aliphatic heterocycles. The highest BCUT2D eigenvalue weighted by Gasteiger charge is 2.44. The number of amides is 1. The van der Waals surface area contributed by atoms with Crippen LogP contribution in [0.5, 0.6) is 0 Å². The first-order valence-electron chi connectivity index (χ1n) is 8.23. The zero-order valence-electron chi connectivity index (χ0n) is 13.2. The topological polar surface area (TPSA) is 49.8 Å². The molecular weight excluding hydrogens is 278 g/mol. The lowest BCUT2D eigenvalue weighted by Crippen LogP contribution is -2.55. The number of likely N-dealkylation sites (tertiary alicyclic amines) is 1. The number of piperidine rings is 1. The molecule has 3 atom stereocenters. The molecule has 22 heavy (non-hydrogen) atoms. The molecule has 1 saturated heterocycles. The fourth-order valence-electron chi connectivity index (χ4n) is 3.94. The van der Waals surface area contributed by atoms with E-state index in [1.165, 1.54) is 0 Å². The minimum Gasteiger partial charge on any atom is -0.389 e. The Morgan fingerprint density at radius 3 is 2.82 bits per heavy atom. The van der Waals surface area contributed by atoms with Crippen molar-refractivity contribution in [2.75, 3.05) is 20.2 Å². The number of aliphatic hydroxyl groups is 1. The van der Waals surface area contributed by atoms with E-state index in [2.05, 4.69) is 0 Å². The molecule has 0 radical (unpaired) electrons. The van der Waals surface area contributed by atoms with Crippen molar-refractivity contribution in [1.29, 1.82) is 0 Å². The van der Waals surface area contributed by atoms with Gasteiger partial charge in [0, 0.05) is 26.1 Å². The average molecular weight is 303 g/mol. The van der Waals surface area contributed by atoms with Crippen LogP contribution in [0, 0.1) is 5.92 Å². The number of rotatable bonds is 3. The van der Waals surface area contributed by atoms with Crippen molar-refractivity contribution in [1.82, 2.24) is 4.90 Å². The zero-order chi connectivity index (χ0) is 15.6. The van der Waals surface area contributed by atoms with E-state index in [4.69, 9.17) is 4.74 Å². The molecule has 4 nitrogen and oxygen atoms in total. The summed E-state index contributed by atoms with van der Waals surface area (Å²) in [6.45, 7) is 1.28. The van der Waals surface area contributed by atoms with Gasteiger partial charge in [-0.15, -0.1) is 0 Å². The highest BCUT2D eigenvalue weighted by Crippen LogP contribution is 2.40. The molecule has 3 unspecified atom stereocenters. The second kappa shape index (κ2) is 6.39. The van der Waals surface area contributed by atoms with Gasteiger partial charge in [0.05, 0.1) is 5.60 Å². The monoisotopic (exact) mass is 303 g/mol. The van der Waals surface area contributed by atoms with Gasteiger partial charge in [-0.25, -0.2) is 0 Å². The van der Waals surface area contributed by atoms with Crippen molar-refractivity contribution in [2.24, 2.45) is 5.92 Å². The molecule has 1 saturated carbocycles. The Morgan fingerprint density at radius 1 is 1.32 bits per heavy atom. The molecule has 2 fully saturated rings. The van der Waals surface area contributed by atoms with E-state index < -0.39 is 11.7 Å². The number of hydrogen-bond donors (Lipinski definition) is 1. The van der Waals surface area contributed by atoms with E-state index in [1.54, 1.807) is 7.11 Å². The molecule has 1 heterocycles. The number of hydrogen-bond acceptors (Lipinski definition) is 3. The van der Waals surface area contributed by atoms with Gasteiger partial charge in [0.2, 0.25) is 0 Å². The van der Waals surface area contributed by atoms with Crippen molar-refractivity contribution in [3.8, 4) is 0 Å². The van der Waals surface area contributed by atoms with E-state index in [0.717, 1.165) is 31.2 Å². The quantitative estimate of drug-likeness (QED) is 0.933.